The van der Waals surface area contributed by atoms with Crippen LogP contribution >= 0.6 is 0 Å². The molecule has 0 bridgehead atoms. The van der Waals surface area contributed by atoms with Gasteiger partial charge in [-0.15, -0.1) is 0 Å². The van der Waals surface area contributed by atoms with Crippen LogP contribution < -0.4 is 9.80 Å². The molecule has 8 heteroatoms. The van der Waals surface area contributed by atoms with Gasteiger partial charge in [0.1, 0.15) is 0 Å². The van der Waals surface area contributed by atoms with E-state index in [1.165, 1.54) is 0 Å². The first-order chi connectivity index (χ1) is 12.0. The summed E-state index contributed by atoms with van der Waals surface area (Å²) in [5, 5.41) is 8.94. The summed E-state index contributed by atoms with van der Waals surface area (Å²) >= 11 is 0. The summed E-state index contributed by atoms with van der Waals surface area (Å²) in [5.41, 5.74) is 1.77. The van der Waals surface area contributed by atoms with Crippen LogP contribution in [-0.4, -0.2) is 77.7 Å². The molecule has 0 spiro atoms. The van der Waals surface area contributed by atoms with Crippen LogP contribution in [0.25, 0.3) is 11.3 Å². The van der Waals surface area contributed by atoms with Crippen LogP contribution in [0.3, 0.4) is 0 Å². The molecule has 0 aromatic carbocycles. The molecule has 25 heavy (non-hydrogen) atoms. The summed E-state index contributed by atoms with van der Waals surface area (Å²) in [6.07, 6.45) is 5.25. The van der Waals surface area contributed by atoms with E-state index in [1.807, 2.05) is 36.0 Å². The molecule has 0 amide bonds. The highest BCUT2D eigenvalue weighted by molar-refractivity contribution is 5.70. The number of carboxylic acids is 1. The monoisotopic (exact) mass is 342 g/mol. The molecule has 0 aliphatic carbocycles. The summed E-state index contributed by atoms with van der Waals surface area (Å²) in [6.45, 7) is 2.92. The Hall–Kier alpha value is -2.74. The molecular weight excluding hydrogens is 320 g/mol. The molecule has 1 aliphatic rings. The van der Waals surface area contributed by atoms with Gasteiger partial charge >= 0.3 is 5.97 Å². The van der Waals surface area contributed by atoms with Gasteiger partial charge in [0.05, 0.1) is 18.4 Å². The van der Waals surface area contributed by atoms with E-state index in [4.69, 9.17) is 10.1 Å². The van der Waals surface area contributed by atoms with Gasteiger partial charge in [0.15, 0.2) is 11.6 Å². The van der Waals surface area contributed by atoms with Crippen LogP contribution in [0.15, 0.2) is 30.7 Å². The van der Waals surface area contributed by atoms with Gasteiger partial charge in [-0.25, -0.2) is 9.97 Å². The average Bonchev–Trinajstić information content (AvgIpc) is 2.62. The molecule has 0 unspecified atom stereocenters. The standard InChI is InChI=1S/C17H22N6O2/c1-21(2)16-17(23-9-7-22(8-10-23)12-15(24)25)20-14(11-19-16)13-3-5-18-6-4-13/h3-6,11H,7-10,12H2,1-2H3,(H,24,25). The molecule has 0 radical (unpaired) electrons. The second-order valence-corrected chi connectivity index (χ2v) is 6.19. The molecule has 1 saturated heterocycles. The Balaban J connectivity index is 1.85. The predicted octanol–water partition coefficient (Wildman–Crippen LogP) is 0.811. The summed E-state index contributed by atoms with van der Waals surface area (Å²) in [7, 11) is 3.89. The zero-order valence-electron chi connectivity index (χ0n) is 14.5. The van der Waals surface area contributed by atoms with Crippen LogP contribution in [0.4, 0.5) is 11.6 Å². The van der Waals surface area contributed by atoms with Crippen molar-refractivity contribution in [2.75, 3.05) is 56.6 Å². The number of piperazine rings is 1. The Labute approximate surface area is 146 Å². The lowest BCUT2D eigenvalue weighted by molar-refractivity contribution is -0.138. The molecule has 3 rings (SSSR count). The fraction of sp³-hybridized carbons (Fsp3) is 0.412. The van der Waals surface area contributed by atoms with Crippen molar-refractivity contribution in [1.29, 1.82) is 0 Å². The molecule has 2 aromatic heterocycles. The second-order valence-electron chi connectivity index (χ2n) is 6.19. The van der Waals surface area contributed by atoms with E-state index in [-0.39, 0.29) is 6.54 Å². The smallest absolute Gasteiger partial charge is 0.317 e. The molecule has 132 valence electrons. The molecule has 1 aliphatic heterocycles. The molecule has 0 atom stereocenters. The van der Waals surface area contributed by atoms with E-state index in [9.17, 15) is 4.79 Å². The zero-order valence-corrected chi connectivity index (χ0v) is 14.5. The number of pyridine rings is 1. The quantitative estimate of drug-likeness (QED) is 0.854. The van der Waals surface area contributed by atoms with Crippen LogP contribution in [0.5, 0.6) is 0 Å². The fourth-order valence-corrected chi connectivity index (χ4v) is 2.87. The fourth-order valence-electron chi connectivity index (χ4n) is 2.87. The van der Waals surface area contributed by atoms with Crippen molar-refractivity contribution in [2.45, 2.75) is 0 Å². The lowest BCUT2D eigenvalue weighted by atomic mass is 10.2. The van der Waals surface area contributed by atoms with E-state index in [2.05, 4.69) is 14.9 Å². The highest BCUT2D eigenvalue weighted by atomic mass is 16.4. The Morgan fingerprint density at radius 1 is 1.20 bits per heavy atom. The second kappa shape index (κ2) is 7.43. The van der Waals surface area contributed by atoms with Crippen molar-refractivity contribution in [2.24, 2.45) is 0 Å². The number of carbonyl (C=O) groups is 1. The lowest BCUT2D eigenvalue weighted by Crippen LogP contribution is -2.48. The van der Waals surface area contributed by atoms with Crippen molar-refractivity contribution >= 4 is 17.6 Å². The Kier molecular flexibility index (Phi) is 5.08. The molecule has 3 heterocycles. The number of aromatic nitrogens is 3. The molecule has 2 aromatic rings. The van der Waals surface area contributed by atoms with Gasteiger partial charge in [-0.3, -0.25) is 14.7 Å². The maximum absolute atomic E-state index is 10.9. The highest BCUT2D eigenvalue weighted by Gasteiger charge is 2.23. The maximum Gasteiger partial charge on any atom is 0.317 e. The Morgan fingerprint density at radius 2 is 1.88 bits per heavy atom. The first-order valence-corrected chi connectivity index (χ1v) is 8.18. The van der Waals surface area contributed by atoms with Gasteiger partial charge in [0.2, 0.25) is 0 Å². The number of rotatable bonds is 5. The van der Waals surface area contributed by atoms with Crippen molar-refractivity contribution in [3.63, 3.8) is 0 Å². The SMILES string of the molecule is CN(C)c1ncc(-c2ccncc2)nc1N1CCN(CC(=O)O)CC1. The van der Waals surface area contributed by atoms with Crippen LogP contribution in [0.1, 0.15) is 0 Å². The molecule has 1 N–H and O–H groups in total. The van der Waals surface area contributed by atoms with E-state index in [1.54, 1.807) is 18.6 Å². The lowest BCUT2D eigenvalue weighted by Gasteiger charge is -2.35. The minimum Gasteiger partial charge on any atom is -0.480 e. The number of carboxylic acid groups (broad SMARTS) is 1. The van der Waals surface area contributed by atoms with Crippen molar-refractivity contribution in [3.8, 4) is 11.3 Å². The number of nitrogens with zero attached hydrogens (tertiary/aromatic N) is 6. The first-order valence-electron chi connectivity index (χ1n) is 8.18. The number of hydrogen-bond acceptors (Lipinski definition) is 7. The van der Waals surface area contributed by atoms with E-state index in [0.29, 0.717) is 13.1 Å². The third-order valence-electron chi connectivity index (χ3n) is 4.17. The summed E-state index contributed by atoms with van der Waals surface area (Å²) in [4.78, 5) is 30.4. The predicted molar refractivity (Wildman–Crippen MR) is 95.9 cm³/mol. The van der Waals surface area contributed by atoms with Crippen LogP contribution in [0, 0.1) is 0 Å². The Bertz CT molecular complexity index is 729. The van der Waals surface area contributed by atoms with E-state index < -0.39 is 5.97 Å². The number of aliphatic carboxylic acids is 1. The third kappa shape index (κ3) is 4.03. The Morgan fingerprint density at radius 3 is 2.48 bits per heavy atom. The summed E-state index contributed by atoms with van der Waals surface area (Å²) < 4.78 is 0. The van der Waals surface area contributed by atoms with Gasteiger partial charge in [0, 0.05) is 58.2 Å². The minimum absolute atomic E-state index is 0.0805. The van der Waals surface area contributed by atoms with E-state index >= 15 is 0 Å². The average molecular weight is 342 g/mol. The van der Waals surface area contributed by atoms with Gasteiger partial charge in [0.25, 0.3) is 0 Å². The normalized spacial score (nSPS) is 15.2. The summed E-state index contributed by atoms with van der Waals surface area (Å²) in [6, 6.07) is 3.82. The largest absolute Gasteiger partial charge is 0.480 e. The topological polar surface area (TPSA) is 85.7 Å². The summed E-state index contributed by atoms with van der Waals surface area (Å²) in [5.74, 6) is 0.848. The van der Waals surface area contributed by atoms with Gasteiger partial charge < -0.3 is 14.9 Å². The van der Waals surface area contributed by atoms with Gasteiger partial charge in [-0.05, 0) is 12.1 Å². The van der Waals surface area contributed by atoms with Gasteiger partial charge in [-0.1, -0.05) is 0 Å². The third-order valence-corrected chi connectivity index (χ3v) is 4.17. The first kappa shape index (κ1) is 17.1. The van der Waals surface area contributed by atoms with E-state index in [0.717, 1.165) is 36.0 Å². The maximum atomic E-state index is 10.9. The van der Waals surface area contributed by atoms with Crippen molar-refractivity contribution in [3.05, 3.63) is 30.7 Å². The van der Waals surface area contributed by atoms with Gasteiger partial charge in [-0.2, -0.15) is 0 Å². The van der Waals surface area contributed by atoms with Crippen LogP contribution in [-0.2, 0) is 4.79 Å². The molecular formula is C17H22N6O2. The highest BCUT2D eigenvalue weighted by Crippen LogP contribution is 2.28. The molecule has 1 fully saturated rings. The zero-order chi connectivity index (χ0) is 17.8. The van der Waals surface area contributed by atoms with Crippen molar-refractivity contribution < 1.29 is 9.90 Å². The molecule has 8 nitrogen and oxygen atoms in total. The number of hydrogen-bond donors (Lipinski definition) is 1. The molecule has 0 saturated carbocycles. The van der Waals surface area contributed by atoms with Crippen molar-refractivity contribution in [1.82, 2.24) is 19.9 Å². The minimum atomic E-state index is -0.790. The van der Waals surface area contributed by atoms with Crippen LogP contribution in [0.2, 0.25) is 0 Å². The number of anilines is 2.